The van der Waals surface area contributed by atoms with E-state index in [0.29, 0.717) is 5.92 Å². The highest BCUT2D eigenvalue weighted by molar-refractivity contribution is 5.81. The minimum Gasteiger partial charge on any atom is -0.481 e. The standard InChI is InChI=1S/C16H19N3O/c1-20-14-3-2-12-16(18-14)10-4-5-19-8-9-6-11(13(19)7-9)15(10)17-12/h2-3,9,11,13,17H,4-8H2,1H3. The van der Waals surface area contributed by atoms with E-state index in [0.717, 1.165) is 29.8 Å². The Morgan fingerprint density at radius 1 is 1.35 bits per heavy atom. The van der Waals surface area contributed by atoms with Crippen LogP contribution in [0.1, 0.15) is 30.0 Å². The third-order valence-electron chi connectivity index (χ3n) is 5.57. The first kappa shape index (κ1) is 11.1. The van der Waals surface area contributed by atoms with Crippen LogP contribution in [-0.4, -0.2) is 41.1 Å². The van der Waals surface area contributed by atoms with Crippen molar-refractivity contribution in [3.8, 4) is 5.88 Å². The van der Waals surface area contributed by atoms with Crippen LogP contribution < -0.4 is 4.74 Å². The summed E-state index contributed by atoms with van der Waals surface area (Å²) in [7, 11) is 1.69. The number of nitrogens with one attached hydrogen (secondary N) is 1. The third kappa shape index (κ3) is 1.32. The molecule has 0 spiro atoms. The fourth-order valence-electron chi connectivity index (χ4n) is 4.76. The van der Waals surface area contributed by atoms with Crippen LogP contribution in [-0.2, 0) is 6.42 Å². The quantitative estimate of drug-likeness (QED) is 0.863. The van der Waals surface area contributed by atoms with Gasteiger partial charge in [0.15, 0.2) is 0 Å². The highest BCUT2D eigenvalue weighted by atomic mass is 16.5. The molecule has 1 N–H and O–H groups in total. The molecule has 2 aromatic heterocycles. The minimum atomic E-state index is 0.700. The lowest BCUT2D eigenvalue weighted by Crippen LogP contribution is -2.36. The number of hydrogen-bond donors (Lipinski definition) is 1. The van der Waals surface area contributed by atoms with E-state index in [1.165, 1.54) is 42.7 Å². The maximum absolute atomic E-state index is 5.29. The number of pyridine rings is 1. The van der Waals surface area contributed by atoms with Gasteiger partial charge in [0, 0.05) is 42.4 Å². The molecule has 3 unspecified atom stereocenters. The Balaban J connectivity index is 1.71. The average Bonchev–Trinajstić information content (AvgIpc) is 3.14. The number of rotatable bonds is 1. The second-order valence-electron chi connectivity index (χ2n) is 6.52. The summed E-state index contributed by atoms with van der Waals surface area (Å²) >= 11 is 0. The van der Waals surface area contributed by atoms with Crippen molar-refractivity contribution in [2.24, 2.45) is 5.92 Å². The van der Waals surface area contributed by atoms with Gasteiger partial charge in [-0.2, -0.15) is 0 Å². The van der Waals surface area contributed by atoms with E-state index < -0.39 is 0 Å². The molecule has 3 atom stereocenters. The SMILES string of the molecule is COc1ccc2[nH]c3c(c2n1)CCN1CC2CC3C1C2. The van der Waals surface area contributed by atoms with Crippen LogP contribution >= 0.6 is 0 Å². The number of hydrogen-bond acceptors (Lipinski definition) is 3. The molecule has 2 aliphatic heterocycles. The first-order valence-corrected chi connectivity index (χ1v) is 7.63. The first-order valence-electron chi connectivity index (χ1n) is 7.63. The molecule has 4 nitrogen and oxygen atoms in total. The van der Waals surface area contributed by atoms with E-state index >= 15 is 0 Å². The maximum atomic E-state index is 5.29. The number of aromatic amines is 1. The van der Waals surface area contributed by atoms with Gasteiger partial charge in [-0.05, 0) is 31.2 Å². The first-order chi connectivity index (χ1) is 9.83. The summed E-state index contributed by atoms with van der Waals surface area (Å²) in [6, 6.07) is 4.84. The Kier molecular flexibility index (Phi) is 2.09. The number of aromatic nitrogens is 2. The summed E-state index contributed by atoms with van der Waals surface area (Å²) in [6.45, 7) is 2.51. The minimum absolute atomic E-state index is 0.700. The van der Waals surface area contributed by atoms with Crippen molar-refractivity contribution in [2.45, 2.75) is 31.2 Å². The largest absolute Gasteiger partial charge is 0.481 e. The Morgan fingerprint density at radius 2 is 2.30 bits per heavy atom. The maximum Gasteiger partial charge on any atom is 0.213 e. The van der Waals surface area contributed by atoms with Crippen LogP contribution in [0.2, 0.25) is 0 Å². The molecule has 5 rings (SSSR count). The van der Waals surface area contributed by atoms with Gasteiger partial charge < -0.3 is 9.72 Å². The van der Waals surface area contributed by atoms with E-state index in [4.69, 9.17) is 4.74 Å². The van der Waals surface area contributed by atoms with E-state index in [1.54, 1.807) is 7.11 Å². The van der Waals surface area contributed by atoms with E-state index in [-0.39, 0.29) is 0 Å². The monoisotopic (exact) mass is 269 g/mol. The van der Waals surface area contributed by atoms with Gasteiger partial charge in [0.25, 0.3) is 0 Å². The number of piperidine rings is 1. The van der Waals surface area contributed by atoms with Crippen LogP contribution in [0.3, 0.4) is 0 Å². The molecule has 4 heteroatoms. The van der Waals surface area contributed by atoms with Crippen LogP contribution in [0, 0.1) is 5.92 Å². The summed E-state index contributed by atoms with van der Waals surface area (Å²) < 4.78 is 5.29. The van der Waals surface area contributed by atoms with Crippen LogP contribution in [0.5, 0.6) is 5.88 Å². The van der Waals surface area contributed by atoms with Gasteiger partial charge in [-0.3, -0.25) is 4.90 Å². The van der Waals surface area contributed by atoms with Crippen molar-refractivity contribution in [1.29, 1.82) is 0 Å². The molecular weight excluding hydrogens is 250 g/mol. The molecule has 4 heterocycles. The van der Waals surface area contributed by atoms with Crippen molar-refractivity contribution in [1.82, 2.24) is 14.9 Å². The fraction of sp³-hybridized carbons (Fsp3) is 0.562. The molecule has 2 fully saturated rings. The normalized spacial score (nSPS) is 31.6. The van der Waals surface area contributed by atoms with Crippen LogP contribution in [0.4, 0.5) is 0 Å². The number of fused-ring (bicyclic) bond motifs is 5. The Bertz CT molecular complexity index is 692. The molecule has 3 aliphatic rings. The lowest BCUT2D eigenvalue weighted by Gasteiger charge is -2.30. The Morgan fingerprint density at radius 3 is 3.15 bits per heavy atom. The van der Waals surface area contributed by atoms with Gasteiger partial charge in [0.05, 0.1) is 18.1 Å². The van der Waals surface area contributed by atoms with Gasteiger partial charge in [-0.15, -0.1) is 0 Å². The predicted octanol–water partition coefficient (Wildman–Crippen LogP) is 2.31. The zero-order valence-electron chi connectivity index (χ0n) is 11.7. The number of H-pyrrole nitrogens is 1. The lowest BCUT2D eigenvalue weighted by atomic mass is 9.94. The van der Waals surface area contributed by atoms with E-state index in [9.17, 15) is 0 Å². The highest BCUT2D eigenvalue weighted by Gasteiger charge is 2.48. The number of methoxy groups -OCH3 is 1. The topological polar surface area (TPSA) is 41.1 Å². The summed E-state index contributed by atoms with van der Waals surface area (Å²) in [5.41, 5.74) is 5.21. The van der Waals surface area contributed by atoms with Gasteiger partial charge in [-0.1, -0.05) is 0 Å². The molecular formula is C16H19N3O. The fourth-order valence-corrected chi connectivity index (χ4v) is 4.76. The molecule has 1 saturated heterocycles. The molecule has 20 heavy (non-hydrogen) atoms. The van der Waals surface area contributed by atoms with Gasteiger partial charge in [0.1, 0.15) is 0 Å². The molecule has 104 valence electrons. The van der Waals surface area contributed by atoms with Crippen LogP contribution in [0.15, 0.2) is 12.1 Å². The van der Waals surface area contributed by atoms with Crippen molar-refractivity contribution in [3.63, 3.8) is 0 Å². The van der Waals surface area contributed by atoms with Crippen molar-refractivity contribution in [3.05, 3.63) is 23.4 Å². The summed E-state index contributed by atoms with van der Waals surface area (Å²) in [4.78, 5) is 11.1. The molecule has 1 aliphatic carbocycles. The molecule has 0 radical (unpaired) electrons. The third-order valence-corrected chi connectivity index (χ3v) is 5.57. The van der Waals surface area contributed by atoms with Gasteiger partial charge in [-0.25, -0.2) is 4.98 Å². The zero-order chi connectivity index (χ0) is 13.3. The highest BCUT2D eigenvalue weighted by Crippen LogP contribution is 2.50. The summed E-state index contributed by atoms with van der Waals surface area (Å²) in [5, 5.41) is 0. The van der Waals surface area contributed by atoms with Crippen molar-refractivity contribution >= 4 is 11.0 Å². The summed E-state index contributed by atoms with van der Waals surface area (Å²) in [5.74, 6) is 2.34. The summed E-state index contributed by atoms with van der Waals surface area (Å²) in [6.07, 6.45) is 3.88. The lowest BCUT2D eigenvalue weighted by molar-refractivity contribution is 0.201. The molecule has 1 saturated carbocycles. The number of nitrogens with zero attached hydrogens (tertiary/aromatic N) is 2. The smallest absolute Gasteiger partial charge is 0.213 e. The predicted molar refractivity (Wildman–Crippen MR) is 77.2 cm³/mol. The van der Waals surface area contributed by atoms with Crippen LogP contribution in [0.25, 0.3) is 11.0 Å². The van der Waals surface area contributed by atoms with Gasteiger partial charge >= 0.3 is 0 Å². The molecule has 2 aromatic rings. The Labute approximate surface area is 118 Å². The second kappa shape index (κ2) is 3.76. The second-order valence-corrected chi connectivity index (χ2v) is 6.52. The number of ether oxygens (including phenoxy) is 1. The van der Waals surface area contributed by atoms with Gasteiger partial charge in [0.2, 0.25) is 5.88 Å². The van der Waals surface area contributed by atoms with E-state index in [1.807, 2.05) is 6.07 Å². The van der Waals surface area contributed by atoms with E-state index in [2.05, 4.69) is 20.9 Å². The van der Waals surface area contributed by atoms with Crippen molar-refractivity contribution in [2.75, 3.05) is 20.2 Å². The molecule has 2 bridgehead atoms. The zero-order valence-corrected chi connectivity index (χ0v) is 11.7. The average molecular weight is 269 g/mol. The molecule has 0 aromatic carbocycles. The Hall–Kier alpha value is -1.55. The molecule has 0 amide bonds. The van der Waals surface area contributed by atoms with Crippen molar-refractivity contribution < 1.29 is 4.74 Å².